The van der Waals surface area contributed by atoms with Gasteiger partial charge in [-0.3, -0.25) is 4.79 Å². The van der Waals surface area contributed by atoms with Crippen molar-refractivity contribution in [1.82, 2.24) is 5.32 Å². The van der Waals surface area contributed by atoms with Gasteiger partial charge in [-0.2, -0.15) is 0 Å². The van der Waals surface area contributed by atoms with Crippen molar-refractivity contribution < 1.29 is 27.8 Å². The summed E-state index contributed by atoms with van der Waals surface area (Å²) in [5.41, 5.74) is 1.10. The topological polar surface area (TPSA) is 56.8 Å². The van der Waals surface area contributed by atoms with Crippen LogP contribution in [0.2, 0.25) is 0 Å². The highest BCUT2D eigenvalue weighted by atomic mass is 19.3. The van der Waals surface area contributed by atoms with Gasteiger partial charge in [0.15, 0.2) is 11.5 Å². The van der Waals surface area contributed by atoms with Crippen LogP contribution < -0.4 is 14.8 Å². The molecule has 1 aliphatic carbocycles. The molecule has 5 rings (SSSR count). The minimum absolute atomic E-state index is 0.00918. The number of hydrogen-bond acceptors (Lipinski definition) is 4. The highest BCUT2D eigenvalue weighted by Gasteiger charge is 2.53. The summed E-state index contributed by atoms with van der Waals surface area (Å²) in [5.74, 6) is -0.103. The number of fused-ring (bicyclic) bond motifs is 1. The highest BCUT2D eigenvalue weighted by molar-refractivity contribution is 5.91. The normalized spacial score (nSPS) is 26.0. The Bertz CT molecular complexity index is 930. The largest absolute Gasteiger partial charge is 0.586 e. The fourth-order valence-corrected chi connectivity index (χ4v) is 4.17. The number of carbonyl (C=O) groups excluding carboxylic acids is 1. The lowest BCUT2D eigenvalue weighted by atomic mass is 9.92. The molecule has 29 heavy (non-hydrogen) atoms. The number of amides is 1. The van der Waals surface area contributed by atoms with Crippen LogP contribution in [0.15, 0.2) is 48.5 Å². The smallest absolute Gasteiger partial charge is 0.395 e. The standard InChI is InChI=1S/C22H21F2NO4/c23-22(24)28-17-7-6-15(12-19(17)29-22)21(9-10-21)20(26)25-16-8-11-27-18(13-16)14-4-2-1-3-5-14/h1-7,12,16,18H,8-11,13H2,(H,25,26)/t16-,18-/m1/s1. The fourth-order valence-electron chi connectivity index (χ4n) is 4.17. The van der Waals surface area contributed by atoms with Gasteiger partial charge in [0, 0.05) is 12.6 Å². The van der Waals surface area contributed by atoms with Crippen molar-refractivity contribution in [1.29, 1.82) is 0 Å². The Morgan fingerprint density at radius 1 is 1.03 bits per heavy atom. The van der Waals surface area contributed by atoms with Crippen LogP contribution in [-0.4, -0.2) is 24.9 Å². The van der Waals surface area contributed by atoms with Crippen molar-refractivity contribution in [3.05, 3.63) is 59.7 Å². The molecule has 1 saturated heterocycles. The highest BCUT2D eigenvalue weighted by Crippen LogP contribution is 2.52. The predicted molar refractivity (Wildman–Crippen MR) is 99.9 cm³/mol. The first kappa shape index (κ1) is 18.4. The Morgan fingerprint density at radius 2 is 1.79 bits per heavy atom. The van der Waals surface area contributed by atoms with Gasteiger partial charge in [0.1, 0.15) is 0 Å². The van der Waals surface area contributed by atoms with Gasteiger partial charge in [-0.25, -0.2) is 0 Å². The van der Waals surface area contributed by atoms with Gasteiger partial charge in [-0.1, -0.05) is 36.4 Å². The van der Waals surface area contributed by atoms with E-state index in [0.29, 0.717) is 31.4 Å². The molecule has 2 fully saturated rings. The van der Waals surface area contributed by atoms with E-state index in [1.807, 2.05) is 30.3 Å². The van der Waals surface area contributed by atoms with Gasteiger partial charge in [-0.05, 0) is 48.9 Å². The average Bonchev–Trinajstić information content (AvgIpc) is 3.46. The summed E-state index contributed by atoms with van der Waals surface area (Å²) in [6.07, 6.45) is -0.884. The van der Waals surface area contributed by atoms with Crippen LogP contribution in [0.3, 0.4) is 0 Å². The molecule has 0 radical (unpaired) electrons. The fraction of sp³-hybridized carbons (Fsp3) is 0.409. The molecule has 0 unspecified atom stereocenters. The van der Waals surface area contributed by atoms with E-state index in [1.54, 1.807) is 6.07 Å². The van der Waals surface area contributed by atoms with E-state index in [2.05, 4.69) is 14.8 Å². The molecular weight excluding hydrogens is 380 g/mol. The molecule has 2 aromatic carbocycles. The van der Waals surface area contributed by atoms with Gasteiger partial charge >= 0.3 is 6.29 Å². The third-order valence-corrected chi connectivity index (χ3v) is 5.93. The molecule has 1 saturated carbocycles. The summed E-state index contributed by atoms with van der Waals surface area (Å²) in [5, 5.41) is 3.16. The second-order valence-corrected chi connectivity index (χ2v) is 7.88. The minimum atomic E-state index is -3.66. The van der Waals surface area contributed by atoms with Crippen LogP contribution in [0.1, 0.15) is 42.9 Å². The Morgan fingerprint density at radius 3 is 2.55 bits per heavy atom. The number of hydrogen-bond donors (Lipinski definition) is 1. The summed E-state index contributed by atoms with van der Waals surface area (Å²) >= 11 is 0. The van der Waals surface area contributed by atoms with Gasteiger partial charge < -0.3 is 19.5 Å². The number of carbonyl (C=O) groups is 1. The number of ether oxygens (including phenoxy) is 3. The van der Waals surface area contributed by atoms with Crippen LogP contribution in [0.4, 0.5) is 8.78 Å². The quantitative estimate of drug-likeness (QED) is 0.839. The van der Waals surface area contributed by atoms with Crippen molar-refractivity contribution in [2.24, 2.45) is 0 Å². The predicted octanol–water partition coefficient (Wildman–Crippen LogP) is 4.08. The molecule has 0 aromatic heterocycles. The molecule has 7 heteroatoms. The van der Waals surface area contributed by atoms with Crippen molar-refractivity contribution in [3.63, 3.8) is 0 Å². The monoisotopic (exact) mass is 401 g/mol. The van der Waals surface area contributed by atoms with Crippen molar-refractivity contribution in [2.45, 2.75) is 49.5 Å². The summed E-state index contributed by atoms with van der Waals surface area (Å²) < 4.78 is 41.5. The Kier molecular flexibility index (Phi) is 4.24. The van der Waals surface area contributed by atoms with Gasteiger partial charge in [0.05, 0.1) is 11.5 Å². The van der Waals surface area contributed by atoms with Gasteiger partial charge in [0.2, 0.25) is 5.91 Å². The molecule has 2 aromatic rings. The second-order valence-electron chi connectivity index (χ2n) is 7.88. The average molecular weight is 401 g/mol. The molecule has 1 amide bonds. The molecule has 152 valence electrons. The lowest BCUT2D eigenvalue weighted by Crippen LogP contribution is -2.44. The summed E-state index contributed by atoms with van der Waals surface area (Å²) in [6, 6.07) is 14.6. The second kappa shape index (κ2) is 6.69. The SMILES string of the molecule is O=C(N[C@@H]1CCO[C@@H](c2ccccc2)C1)C1(c2ccc3c(c2)OC(F)(F)O3)CC1. The van der Waals surface area contributed by atoms with Gasteiger partial charge in [0.25, 0.3) is 0 Å². The molecule has 0 bridgehead atoms. The lowest BCUT2D eigenvalue weighted by molar-refractivity contribution is -0.286. The minimum Gasteiger partial charge on any atom is -0.395 e. The Labute approximate surface area is 167 Å². The zero-order valence-electron chi connectivity index (χ0n) is 15.7. The van der Waals surface area contributed by atoms with E-state index in [1.165, 1.54) is 12.1 Å². The number of rotatable bonds is 4. The molecule has 0 spiro atoms. The molecule has 2 heterocycles. The van der Waals surface area contributed by atoms with Crippen LogP contribution in [-0.2, 0) is 14.9 Å². The van der Waals surface area contributed by atoms with Crippen LogP contribution in [0.5, 0.6) is 11.5 Å². The maximum atomic E-state index is 13.3. The molecule has 3 aliphatic rings. The van der Waals surface area contributed by atoms with E-state index < -0.39 is 11.7 Å². The number of nitrogens with one attached hydrogen (secondary N) is 1. The third kappa shape index (κ3) is 3.44. The van der Waals surface area contributed by atoms with Crippen LogP contribution in [0.25, 0.3) is 0 Å². The molecule has 1 N–H and O–H groups in total. The summed E-state index contributed by atoms with van der Waals surface area (Å²) in [4.78, 5) is 13.1. The van der Waals surface area contributed by atoms with Crippen LogP contribution in [0, 0.1) is 0 Å². The Hall–Kier alpha value is -2.67. The summed E-state index contributed by atoms with van der Waals surface area (Å²) in [6.45, 7) is 0.580. The van der Waals surface area contributed by atoms with Crippen molar-refractivity contribution in [3.8, 4) is 11.5 Å². The van der Waals surface area contributed by atoms with Crippen molar-refractivity contribution >= 4 is 5.91 Å². The van der Waals surface area contributed by atoms with E-state index >= 15 is 0 Å². The maximum Gasteiger partial charge on any atom is 0.586 e. The first-order valence-corrected chi connectivity index (χ1v) is 9.83. The molecular formula is C22H21F2NO4. The Balaban J connectivity index is 1.29. The van der Waals surface area contributed by atoms with E-state index in [-0.39, 0.29) is 29.6 Å². The first-order chi connectivity index (χ1) is 14.0. The van der Waals surface area contributed by atoms with E-state index in [9.17, 15) is 13.6 Å². The number of alkyl halides is 2. The third-order valence-electron chi connectivity index (χ3n) is 5.93. The van der Waals surface area contributed by atoms with Crippen LogP contribution >= 0.6 is 0 Å². The zero-order chi connectivity index (χ0) is 20.1. The molecule has 2 aliphatic heterocycles. The summed E-state index contributed by atoms with van der Waals surface area (Å²) in [7, 11) is 0. The number of halogens is 2. The lowest BCUT2D eigenvalue weighted by Gasteiger charge is -2.31. The van der Waals surface area contributed by atoms with E-state index in [4.69, 9.17) is 4.74 Å². The van der Waals surface area contributed by atoms with Gasteiger partial charge in [-0.15, -0.1) is 8.78 Å². The number of benzene rings is 2. The van der Waals surface area contributed by atoms with Crippen molar-refractivity contribution in [2.75, 3.05) is 6.61 Å². The molecule has 5 nitrogen and oxygen atoms in total. The zero-order valence-corrected chi connectivity index (χ0v) is 15.7. The van der Waals surface area contributed by atoms with E-state index in [0.717, 1.165) is 12.0 Å². The first-order valence-electron chi connectivity index (χ1n) is 9.83. The molecule has 2 atom stereocenters. The maximum absolute atomic E-state index is 13.3.